The summed E-state index contributed by atoms with van der Waals surface area (Å²) in [6.07, 6.45) is 29.4. The van der Waals surface area contributed by atoms with Crippen molar-refractivity contribution in [2.75, 3.05) is 0 Å². The normalized spacial score (nSPS) is 13.3. The molecular weight excluding hydrogens is 424 g/mol. The van der Waals surface area contributed by atoms with Gasteiger partial charge in [0.15, 0.2) is 0 Å². The first-order chi connectivity index (χ1) is 16.6. The molecule has 0 bridgehead atoms. The molecule has 2 unspecified atom stereocenters. The zero-order chi connectivity index (χ0) is 25.1. The summed E-state index contributed by atoms with van der Waals surface area (Å²) >= 11 is 0. The summed E-state index contributed by atoms with van der Waals surface area (Å²) < 4.78 is 0. The molecule has 2 atom stereocenters. The molecule has 0 amide bonds. The molecule has 0 aliphatic rings. The second-order valence-corrected chi connectivity index (χ2v) is 10.7. The van der Waals surface area contributed by atoms with Crippen LogP contribution in [-0.2, 0) is 4.79 Å². The lowest BCUT2D eigenvalue weighted by Crippen LogP contribution is -2.13. The third-order valence-corrected chi connectivity index (χ3v) is 7.15. The fraction of sp³-hybridized carbons (Fsp3) is 0.967. The summed E-state index contributed by atoms with van der Waals surface area (Å²) in [7, 11) is 0. The first-order valence-electron chi connectivity index (χ1n) is 15.1. The molecule has 0 spiro atoms. The molecule has 0 fully saturated rings. The molecule has 204 valence electrons. The predicted molar refractivity (Wildman–Crippen MR) is 145 cm³/mol. The van der Waals surface area contributed by atoms with Crippen molar-refractivity contribution in [3.05, 3.63) is 0 Å². The summed E-state index contributed by atoms with van der Waals surface area (Å²) in [5.74, 6) is -0.704. The van der Waals surface area contributed by atoms with Crippen molar-refractivity contribution in [3.8, 4) is 0 Å². The van der Waals surface area contributed by atoms with Gasteiger partial charge in [-0.15, -0.1) is 0 Å². The van der Waals surface area contributed by atoms with Crippen LogP contribution in [-0.4, -0.2) is 33.5 Å². The Bertz CT molecular complexity index is 413. The molecule has 4 heteroatoms. The number of carbonyl (C=O) groups is 1. The third-order valence-electron chi connectivity index (χ3n) is 7.15. The van der Waals surface area contributed by atoms with E-state index in [1.54, 1.807) is 0 Å². The summed E-state index contributed by atoms with van der Waals surface area (Å²) in [6, 6.07) is 0. The van der Waals surface area contributed by atoms with E-state index < -0.39 is 5.97 Å². The van der Waals surface area contributed by atoms with Gasteiger partial charge in [-0.25, -0.2) is 0 Å². The van der Waals surface area contributed by atoms with Crippen LogP contribution in [0.3, 0.4) is 0 Å². The molecule has 0 saturated heterocycles. The van der Waals surface area contributed by atoms with Crippen LogP contribution >= 0.6 is 0 Å². The smallest absolute Gasteiger partial charge is 0.303 e. The zero-order valence-electron chi connectivity index (χ0n) is 22.8. The second-order valence-electron chi connectivity index (χ2n) is 10.7. The van der Waals surface area contributed by atoms with Crippen LogP contribution in [0.2, 0.25) is 0 Å². The number of rotatable bonds is 28. The number of hydrogen-bond acceptors (Lipinski definition) is 3. The Kier molecular flexibility index (Phi) is 26.5. The van der Waals surface area contributed by atoms with Crippen LogP contribution < -0.4 is 0 Å². The highest BCUT2D eigenvalue weighted by Gasteiger charge is 2.09. The molecule has 0 aromatic carbocycles. The van der Waals surface area contributed by atoms with Crippen molar-refractivity contribution < 1.29 is 20.1 Å². The van der Waals surface area contributed by atoms with Crippen molar-refractivity contribution in [2.24, 2.45) is 0 Å². The molecule has 0 heterocycles. The Hall–Kier alpha value is -0.610. The molecule has 3 N–H and O–H groups in total. The van der Waals surface area contributed by atoms with Gasteiger partial charge in [-0.2, -0.15) is 0 Å². The van der Waals surface area contributed by atoms with Gasteiger partial charge in [0.2, 0.25) is 0 Å². The monoisotopic (exact) mass is 484 g/mol. The standard InChI is InChI=1S/C30H60O4/c1-2-3-4-5-6-7-8-9-10-11-12-13-14-17-20-23-28(31)26-27-29(32)24-21-18-15-16-19-22-25-30(33)34/h28-29,31-32H,2-27H2,1H3,(H,33,34). The molecule has 0 aromatic rings. The van der Waals surface area contributed by atoms with Crippen LogP contribution in [0, 0.1) is 0 Å². The van der Waals surface area contributed by atoms with Crippen molar-refractivity contribution >= 4 is 5.97 Å². The maximum absolute atomic E-state index is 10.5. The molecule has 34 heavy (non-hydrogen) atoms. The van der Waals surface area contributed by atoms with Crippen LogP contribution in [0.25, 0.3) is 0 Å². The average Bonchev–Trinajstić information content (AvgIpc) is 2.81. The summed E-state index contributed by atoms with van der Waals surface area (Å²) in [6.45, 7) is 2.28. The quantitative estimate of drug-likeness (QED) is 0.0968. The molecule has 0 aliphatic carbocycles. The van der Waals surface area contributed by atoms with Gasteiger partial charge in [-0.1, -0.05) is 135 Å². The first-order valence-corrected chi connectivity index (χ1v) is 15.1. The highest BCUT2D eigenvalue weighted by Crippen LogP contribution is 2.17. The molecule has 0 rings (SSSR count). The maximum Gasteiger partial charge on any atom is 0.303 e. The zero-order valence-corrected chi connectivity index (χ0v) is 22.8. The van der Waals surface area contributed by atoms with Crippen molar-refractivity contribution in [3.63, 3.8) is 0 Å². The van der Waals surface area contributed by atoms with Gasteiger partial charge in [0.1, 0.15) is 0 Å². The Morgan fingerprint density at radius 2 is 0.765 bits per heavy atom. The van der Waals surface area contributed by atoms with E-state index in [4.69, 9.17) is 5.11 Å². The van der Waals surface area contributed by atoms with Gasteiger partial charge in [-0.05, 0) is 32.1 Å². The number of carboxylic acids is 1. The van der Waals surface area contributed by atoms with E-state index in [0.29, 0.717) is 6.42 Å². The van der Waals surface area contributed by atoms with Gasteiger partial charge < -0.3 is 15.3 Å². The number of carboxylic acid groups (broad SMARTS) is 1. The SMILES string of the molecule is CCCCCCCCCCCCCCCCCC(O)CCC(O)CCCCCCCCC(=O)O. The van der Waals surface area contributed by atoms with E-state index in [-0.39, 0.29) is 18.6 Å². The fourth-order valence-electron chi connectivity index (χ4n) is 4.79. The molecule has 4 nitrogen and oxygen atoms in total. The van der Waals surface area contributed by atoms with Gasteiger partial charge in [-0.3, -0.25) is 4.79 Å². The Labute approximate surface area is 212 Å². The first kappa shape index (κ1) is 33.4. The molecule has 0 aromatic heterocycles. The Balaban J connectivity index is 3.28. The number of unbranched alkanes of at least 4 members (excludes halogenated alkanes) is 19. The van der Waals surface area contributed by atoms with Gasteiger partial charge in [0.05, 0.1) is 12.2 Å². The topological polar surface area (TPSA) is 77.8 Å². The van der Waals surface area contributed by atoms with Crippen LogP contribution in [0.5, 0.6) is 0 Å². The number of aliphatic hydroxyl groups excluding tert-OH is 2. The van der Waals surface area contributed by atoms with E-state index >= 15 is 0 Å². The lowest BCUT2D eigenvalue weighted by molar-refractivity contribution is -0.137. The highest BCUT2D eigenvalue weighted by atomic mass is 16.4. The molecular formula is C30H60O4. The lowest BCUT2D eigenvalue weighted by atomic mass is 10.00. The number of aliphatic carboxylic acids is 1. The van der Waals surface area contributed by atoms with Crippen molar-refractivity contribution in [1.29, 1.82) is 0 Å². The lowest BCUT2D eigenvalue weighted by Gasteiger charge is -2.14. The maximum atomic E-state index is 10.5. The predicted octanol–water partition coefficient (Wildman–Crippen LogP) is 8.96. The van der Waals surface area contributed by atoms with Crippen LogP contribution in [0.15, 0.2) is 0 Å². The Morgan fingerprint density at radius 3 is 1.09 bits per heavy atom. The van der Waals surface area contributed by atoms with Gasteiger partial charge >= 0.3 is 5.97 Å². The summed E-state index contributed by atoms with van der Waals surface area (Å²) in [5.41, 5.74) is 0. The van der Waals surface area contributed by atoms with Crippen molar-refractivity contribution in [1.82, 2.24) is 0 Å². The van der Waals surface area contributed by atoms with Gasteiger partial charge in [0.25, 0.3) is 0 Å². The Morgan fingerprint density at radius 1 is 0.471 bits per heavy atom. The average molecular weight is 485 g/mol. The van der Waals surface area contributed by atoms with Crippen LogP contribution in [0.4, 0.5) is 0 Å². The second kappa shape index (κ2) is 27.0. The summed E-state index contributed by atoms with van der Waals surface area (Å²) in [5, 5.41) is 28.9. The number of hydrogen-bond donors (Lipinski definition) is 3. The molecule has 0 saturated carbocycles. The minimum Gasteiger partial charge on any atom is -0.481 e. The fourth-order valence-corrected chi connectivity index (χ4v) is 4.79. The summed E-state index contributed by atoms with van der Waals surface area (Å²) in [4.78, 5) is 10.5. The minimum absolute atomic E-state index is 0.258. The van der Waals surface area contributed by atoms with E-state index in [2.05, 4.69) is 6.92 Å². The number of aliphatic hydroxyl groups is 2. The van der Waals surface area contributed by atoms with Crippen LogP contribution in [0.1, 0.15) is 174 Å². The van der Waals surface area contributed by atoms with Gasteiger partial charge in [0, 0.05) is 6.42 Å². The molecule has 0 aliphatic heterocycles. The minimum atomic E-state index is -0.704. The van der Waals surface area contributed by atoms with Crippen molar-refractivity contribution in [2.45, 2.75) is 186 Å². The largest absolute Gasteiger partial charge is 0.481 e. The van der Waals surface area contributed by atoms with E-state index in [9.17, 15) is 15.0 Å². The van der Waals surface area contributed by atoms with E-state index in [1.165, 1.54) is 89.9 Å². The molecule has 0 radical (unpaired) electrons. The van der Waals surface area contributed by atoms with E-state index in [1.807, 2.05) is 0 Å². The van der Waals surface area contributed by atoms with E-state index in [0.717, 1.165) is 64.2 Å². The third kappa shape index (κ3) is 27.6. The highest BCUT2D eigenvalue weighted by molar-refractivity contribution is 5.66.